The topological polar surface area (TPSA) is 186 Å². The third-order valence-corrected chi connectivity index (χ3v) is 9.74. The Labute approximate surface area is 259 Å². The second-order valence-electron chi connectivity index (χ2n) is 11.6. The van der Waals surface area contributed by atoms with E-state index in [1.54, 1.807) is 12.1 Å². The van der Waals surface area contributed by atoms with Crippen molar-refractivity contribution in [2.75, 3.05) is 17.2 Å². The van der Waals surface area contributed by atoms with Crippen LogP contribution in [-0.4, -0.2) is 68.2 Å². The van der Waals surface area contributed by atoms with Crippen LogP contribution in [0.2, 0.25) is 0 Å². The highest BCUT2D eigenvalue weighted by Crippen LogP contribution is 2.35. The number of amides is 5. The molecule has 3 unspecified atom stereocenters. The third kappa shape index (κ3) is 6.57. The van der Waals surface area contributed by atoms with Crippen LogP contribution < -0.4 is 26.6 Å². The van der Waals surface area contributed by atoms with E-state index in [1.807, 2.05) is 48.5 Å². The molecule has 44 heavy (non-hydrogen) atoms. The Kier molecular flexibility index (Phi) is 9.23. The highest BCUT2D eigenvalue weighted by atomic mass is 32.2. The Morgan fingerprint density at radius 2 is 1.95 bits per heavy atom. The maximum atomic E-state index is 12.5. The van der Waals surface area contributed by atoms with Gasteiger partial charge in [0.1, 0.15) is 17.3 Å². The molecule has 0 aliphatic carbocycles. The highest BCUT2D eigenvalue weighted by molar-refractivity contribution is 8.00. The Morgan fingerprint density at radius 3 is 2.70 bits per heavy atom. The number of carbonyl (C=O) groups is 3. The Hall–Kier alpha value is -4.39. The van der Waals surface area contributed by atoms with Crippen molar-refractivity contribution in [1.29, 1.82) is 5.41 Å². The van der Waals surface area contributed by atoms with Crippen LogP contribution in [0.4, 0.5) is 15.3 Å². The Bertz CT molecular complexity index is 1590. The van der Waals surface area contributed by atoms with Crippen LogP contribution in [0.1, 0.15) is 56.6 Å². The summed E-state index contributed by atoms with van der Waals surface area (Å²) in [6.45, 7) is 4.76. The van der Waals surface area contributed by atoms with Gasteiger partial charge in [-0.1, -0.05) is 20.3 Å². The number of thioether (sulfide) groups is 1. The maximum Gasteiger partial charge on any atom is 0.325 e. The number of nitrogens with two attached hydrogens (primary N) is 1. The number of benzene rings is 2. The minimum atomic E-state index is -0.886. The molecule has 0 radical (unpaired) electrons. The predicted molar refractivity (Wildman–Crippen MR) is 172 cm³/mol. The van der Waals surface area contributed by atoms with Crippen molar-refractivity contribution in [3.05, 3.63) is 53.7 Å². The van der Waals surface area contributed by atoms with Crippen LogP contribution >= 0.6 is 11.8 Å². The van der Waals surface area contributed by atoms with Gasteiger partial charge in [0.25, 0.3) is 0 Å². The van der Waals surface area contributed by atoms with Crippen molar-refractivity contribution in [2.24, 2.45) is 5.73 Å². The molecular formula is C31H39N7O5S. The first-order valence-corrected chi connectivity index (χ1v) is 15.9. The molecule has 2 saturated heterocycles. The fourth-order valence-electron chi connectivity index (χ4n) is 5.93. The zero-order valence-electron chi connectivity index (χ0n) is 24.8. The molecule has 2 aliphatic rings. The second kappa shape index (κ2) is 13.1. The fraction of sp³-hybridized carbons (Fsp3) is 0.419. The van der Waals surface area contributed by atoms with Crippen LogP contribution in [-0.2, 0) is 11.3 Å². The lowest BCUT2D eigenvalue weighted by Crippen LogP contribution is -2.41. The molecule has 12 nitrogen and oxygen atoms in total. The van der Waals surface area contributed by atoms with E-state index < -0.39 is 6.03 Å². The van der Waals surface area contributed by atoms with Crippen molar-refractivity contribution < 1.29 is 24.6 Å². The van der Waals surface area contributed by atoms with Crippen LogP contribution in [0.25, 0.3) is 10.9 Å². The molecule has 2 aromatic carbocycles. The first kappa shape index (κ1) is 31.0. The summed E-state index contributed by atoms with van der Waals surface area (Å²) in [6, 6.07) is 9.21. The number of phenolic OH excluding ortho intramolecular Hbond substituents is 2. The molecule has 5 rings (SSSR count). The molecule has 234 valence electrons. The number of urea groups is 2. The van der Waals surface area contributed by atoms with Crippen LogP contribution in [0.15, 0.2) is 42.6 Å². The zero-order valence-corrected chi connectivity index (χ0v) is 25.6. The average molecular weight is 622 g/mol. The van der Waals surface area contributed by atoms with Gasteiger partial charge in [0.15, 0.2) is 0 Å². The monoisotopic (exact) mass is 621 g/mol. The minimum absolute atomic E-state index is 0.00487. The van der Waals surface area contributed by atoms with Gasteiger partial charge in [-0.15, -0.1) is 0 Å². The summed E-state index contributed by atoms with van der Waals surface area (Å²) in [5, 5.41) is 39.5. The van der Waals surface area contributed by atoms with E-state index >= 15 is 0 Å². The summed E-state index contributed by atoms with van der Waals surface area (Å²) >= 11 is 1.88. The molecule has 3 heterocycles. The molecule has 2 fully saturated rings. The number of amidine groups is 1. The maximum absolute atomic E-state index is 12.5. The van der Waals surface area contributed by atoms with Crippen LogP contribution in [0.5, 0.6) is 11.5 Å². The molecule has 0 saturated carbocycles. The zero-order chi connectivity index (χ0) is 31.5. The minimum Gasteiger partial charge on any atom is -0.508 e. The average Bonchev–Trinajstić information content (AvgIpc) is 3.65. The quantitative estimate of drug-likeness (QED) is 0.0736. The summed E-state index contributed by atoms with van der Waals surface area (Å²) in [5.41, 5.74) is 7.53. The van der Waals surface area contributed by atoms with Crippen molar-refractivity contribution in [3.8, 4) is 11.5 Å². The molecular weight excluding hydrogens is 582 g/mol. The summed E-state index contributed by atoms with van der Waals surface area (Å²) in [7, 11) is 0. The second-order valence-corrected chi connectivity index (χ2v) is 12.8. The van der Waals surface area contributed by atoms with Crippen molar-refractivity contribution in [3.63, 3.8) is 0 Å². The normalized spacial score (nSPS) is 19.1. The van der Waals surface area contributed by atoms with E-state index in [-0.39, 0.29) is 52.8 Å². The van der Waals surface area contributed by atoms with Gasteiger partial charge >= 0.3 is 12.1 Å². The molecule has 2 aliphatic heterocycles. The van der Waals surface area contributed by atoms with Gasteiger partial charge in [0, 0.05) is 53.7 Å². The number of carbonyl (C=O) groups excluding carboxylic acids is 3. The number of unbranched alkanes of at least 4 members (excludes halogenated alkanes) is 1. The van der Waals surface area contributed by atoms with E-state index in [0.29, 0.717) is 36.0 Å². The van der Waals surface area contributed by atoms with Crippen molar-refractivity contribution >= 4 is 52.2 Å². The number of phenols is 2. The standard InChI is InChI=1S/C31H39N7O5S/c1-17(2)20-14-21(25(40)15-24(20)39)29(32)38(30(33)42)19-7-8-23-18(13-19)9-11-37(23)12-10-34-27(41)6-4-3-5-26-28-22(16-44-26)35-31(43)36-28/h7-9,11,13-15,17,22,26,28,32,39-40H,3-6,10,12,16H2,1-2H3,(H2,33,42)(H,34,41)(H2,35,36,43). The fourth-order valence-corrected chi connectivity index (χ4v) is 7.48. The van der Waals surface area contributed by atoms with E-state index in [0.717, 1.165) is 40.8 Å². The highest BCUT2D eigenvalue weighted by Gasteiger charge is 2.42. The molecule has 8 N–H and O–H groups in total. The Balaban J connectivity index is 1.15. The van der Waals surface area contributed by atoms with Crippen molar-refractivity contribution in [2.45, 2.75) is 69.3 Å². The number of anilines is 1. The van der Waals surface area contributed by atoms with E-state index in [4.69, 9.17) is 11.1 Å². The van der Waals surface area contributed by atoms with E-state index in [2.05, 4.69) is 16.0 Å². The van der Waals surface area contributed by atoms with Gasteiger partial charge in [-0.3, -0.25) is 10.2 Å². The molecule has 0 bridgehead atoms. The molecule has 5 amide bonds. The number of primary amides is 1. The van der Waals surface area contributed by atoms with Gasteiger partial charge in [-0.2, -0.15) is 11.8 Å². The summed E-state index contributed by atoms with van der Waals surface area (Å²) < 4.78 is 2.00. The largest absolute Gasteiger partial charge is 0.508 e. The van der Waals surface area contributed by atoms with Gasteiger partial charge in [0.05, 0.1) is 23.3 Å². The summed E-state index contributed by atoms with van der Waals surface area (Å²) in [4.78, 5) is 37.5. The summed E-state index contributed by atoms with van der Waals surface area (Å²) in [6.07, 6.45) is 5.05. The smallest absolute Gasteiger partial charge is 0.325 e. The lowest BCUT2D eigenvalue weighted by atomic mass is 9.98. The van der Waals surface area contributed by atoms with Gasteiger partial charge < -0.3 is 36.5 Å². The molecule has 0 spiro atoms. The Morgan fingerprint density at radius 1 is 1.16 bits per heavy atom. The number of fused-ring (bicyclic) bond motifs is 2. The number of nitrogens with one attached hydrogen (secondary N) is 4. The first-order valence-electron chi connectivity index (χ1n) is 14.8. The van der Waals surface area contributed by atoms with Crippen LogP contribution in [0.3, 0.4) is 0 Å². The third-order valence-electron chi connectivity index (χ3n) is 8.23. The van der Waals surface area contributed by atoms with Gasteiger partial charge in [-0.25, -0.2) is 14.5 Å². The molecule has 3 aromatic rings. The number of hydrogen-bond acceptors (Lipinski definition) is 7. The van der Waals surface area contributed by atoms with E-state index in [9.17, 15) is 24.6 Å². The summed E-state index contributed by atoms with van der Waals surface area (Å²) in [5.74, 6) is 0.127. The molecule has 3 atom stereocenters. The van der Waals surface area contributed by atoms with Gasteiger partial charge in [-0.05, 0) is 54.7 Å². The van der Waals surface area contributed by atoms with Crippen LogP contribution in [0, 0.1) is 5.41 Å². The molecule has 1 aromatic heterocycles. The molecule has 13 heteroatoms. The SMILES string of the molecule is CC(C)c1cc(C(=N)N(C(N)=O)c2ccc3c(ccn3CCNC(=O)CCCCC3SCC4NC(=O)NC43)c2)c(O)cc1O. The lowest BCUT2D eigenvalue weighted by Gasteiger charge is -2.23. The van der Waals surface area contributed by atoms with E-state index in [1.165, 1.54) is 12.1 Å². The number of aromatic nitrogens is 1. The first-order chi connectivity index (χ1) is 21.0. The van der Waals surface area contributed by atoms with Crippen molar-refractivity contribution in [1.82, 2.24) is 20.5 Å². The number of nitrogens with zero attached hydrogens (tertiary/aromatic N) is 2. The lowest BCUT2D eigenvalue weighted by molar-refractivity contribution is -0.121. The number of hydrogen-bond donors (Lipinski definition) is 7. The predicted octanol–water partition coefficient (Wildman–Crippen LogP) is 3.93. The number of rotatable bonds is 11. The number of aromatic hydroxyl groups is 2. The van der Waals surface area contributed by atoms with Gasteiger partial charge in [0.2, 0.25) is 5.91 Å².